The molecule has 31 heavy (non-hydrogen) atoms. The number of hydrogen-bond acceptors (Lipinski definition) is 4. The van der Waals surface area contributed by atoms with Gasteiger partial charge < -0.3 is 15.5 Å². The van der Waals surface area contributed by atoms with Crippen molar-refractivity contribution in [1.29, 1.82) is 0 Å². The third-order valence-electron chi connectivity index (χ3n) is 4.33. The van der Waals surface area contributed by atoms with Gasteiger partial charge >= 0.3 is 0 Å². The number of hydrogen-bond donors (Lipinski definition) is 3. The number of carbonyl (C=O) groups is 1. The molecule has 2 aromatic rings. The van der Waals surface area contributed by atoms with Crippen LogP contribution >= 0.6 is 24.0 Å². The number of rotatable bonds is 8. The van der Waals surface area contributed by atoms with Crippen molar-refractivity contribution < 1.29 is 13.2 Å². The van der Waals surface area contributed by atoms with Crippen LogP contribution in [0, 0.1) is 0 Å². The second kappa shape index (κ2) is 12.6. The van der Waals surface area contributed by atoms with E-state index in [2.05, 4.69) is 15.6 Å². The normalized spacial score (nSPS) is 11.4. The van der Waals surface area contributed by atoms with Gasteiger partial charge in [0.2, 0.25) is 10.0 Å². The number of primary sulfonamides is 1. The molecule has 0 atom stereocenters. The van der Waals surface area contributed by atoms with Crippen LogP contribution in [0.5, 0.6) is 0 Å². The number of halogens is 1. The molecule has 0 aliphatic rings. The fraction of sp³-hybridized carbons (Fsp3) is 0.333. The third kappa shape index (κ3) is 8.83. The van der Waals surface area contributed by atoms with Crippen molar-refractivity contribution in [2.45, 2.75) is 24.8 Å². The number of benzene rings is 2. The number of sulfonamides is 1. The van der Waals surface area contributed by atoms with Crippen LogP contribution in [0.2, 0.25) is 0 Å². The number of nitrogens with one attached hydrogen (secondary N) is 2. The van der Waals surface area contributed by atoms with E-state index in [4.69, 9.17) is 5.14 Å². The van der Waals surface area contributed by atoms with E-state index in [1.807, 2.05) is 19.1 Å². The van der Waals surface area contributed by atoms with Crippen LogP contribution < -0.4 is 15.8 Å². The highest BCUT2D eigenvalue weighted by Crippen LogP contribution is 2.09. The van der Waals surface area contributed by atoms with E-state index in [-0.39, 0.29) is 34.8 Å². The highest BCUT2D eigenvalue weighted by atomic mass is 127. The maximum atomic E-state index is 12.0. The summed E-state index contributed by atoms with van der Waals surface area (Å²) in [4.78, 5) is 18.2. The molecule has 0 spiro atoms. The molecule has 1 amide bonds. The van der Waals surface area contributed by atoms with Gasteiger partial charge in [-0.25, -0.2) is 18.5 Å². The maximum Gasteiger partial charge on any atom is 0.253 e. The van der Waals surface area contributed by atoms with Crippen molar-refractivity contribution in [3.05, 3.63) is 65.2 Å². The SMILES string of the molecule is CCNC(=NCc1ccc(C(=O)N(C)C)cc1)NCCc1ccc(S(N)(=O)=O)cc1.I. The smallest absolute Gasteiger partial charge is 0.253 e. The highest BCUT2D eigenvalue weighted by Gasteiger charge is 2.08. The topological polar surface area (TPSA) is 117 Å². The average molecular weight is 559 g/mol. The van der Waals surface area contributed by atoms with Crippen LogP contribution in [0.1, 0.15) is 28.4 Å². The second-order valence-electron chi connectivity index (χ2n) is 6.96. The van der Waals surface area contributed by atoms with Crippen LogP contribution in [-0.4, -0.2) is 52.4 Å². The maximum absolute atomic E-state index is 12.0. The first-order chi connectivity index (χ1) is 14.2. The van der Waals surface area contributed by atoms with Crippen molar-refractivity contribution >= 4 is 45.9 Å². The molecule has 0 aromatic heterocycles. The largest absolute Gasteiger partial charge is 0.357 e. The van der Waals surface area contributed by atoms with Gasteiger partial charge in [-0.05, 0) is 48.7 Å². The molecule has 0 saturated heterocycles. The molecule has 2 aromatic carbocycles. The zero-order valence-electron chi connectivity index (χ0n) is 18.0. The zero-order chi connectivity index (χ0) is 22.1. The van der Waals surface area contributed by atoms with Crippen LogP contribution in [0.4, 0.5) is 0 Å². The van der Waals surface area contributed by atoms with Gasteiger partial charge in [-0.1, -0.05) is 24.3 Å². The molecular weight excluding hydrogens is 529 g/mol. The second-order valence-corrected chi connectivity index (χ2v) is 8.52. The molecule has 0 bridgehead atoms. The summed E-state index contributed by atoms with van der Waals surface area (Å²) in [6, 6.07) is 13.9. The Labute approximate surface area is 201 Å². The summed E-state index contributed by atoms with van der Waals surface area (Å²) in [7, 11) is -0.221. The van der Waals surface area contributed by atoms with Gasteiger partial charge in [0.05, 0.1) is 11.4 Å². The summed E-state index contributed by atoms with van der Waals surface area (Å²) in [6.07, 6.45) is 0.705. The molecule has 0 heterocycles. The minimum Gasteiger partial charge on any atom is -0.357 e. The van der Waals surface area contributed by atoms with Crippen LogP contribution in [-0.2, 0) is 23.0 Å². The van der Waals surface area contributed by atoms with Gasteiger partial charge in [0, 0.05) is 32.7 Å². The van der Waals surface area contributed by atoms with Crippen molar-refractivity contribution in [3.63, 3.8) is 0 Å². The molecule has 4 N–H and O–H groups in total. The molecule has 170 valence electrons. The lowest BCUT2D eigenvalue weighted by molar-refractivity contribution is 0.0827. The summed E-state index contributed by atoms with van der Waals surface area (Å²) in [5.74, 6) is 0.657. The zero-order valence-corrected chi connectivity index (χ0v) is 21.1. The first-order valence-corrected chi connectivity index (χ1v) is 11.2. The fourth-order valence-corrected chi connectivity index (χ4v) is 3.21. The van der Waals surface area contributed by atoms with E-state index in [1.165, 1.54) is 12.1 Å². The Bertz CT molecular complexity index is 975. The van der Waals surface area contributed by atoms with Gasteiger partial charge in [-0.3, -0.25) is 4.79 Å². The first-order valence-electron chi connectivity index (χ1n) is 9.65. The quantitative estimate of drug-likeness (QED) is 0.260. The highest BCUT2D eigenvalue weighted by molar-refractivity contribution is 14.0. The van der Waals surface area contributed by atoms with E-state index in [1.54, 1.807) is 43.3 Å². The molecule has 2 rings (SSSR count). The van der Waals surface area contributed by atoms with E-state index >= 15 is 0 Å². The van der Waals surface area contributed by atoms with Gasteiger partial charge in [-0.15, -0.1) is 24.0 Å². The molecular formula is C21H30IN5O3S. The van der Waals surface area contributed by atoms with Crippen molar-refractivity contribution in [1.82, 2.24) is 15.5 Å². The minimum absolute atomic E-state index is 0. The number of aliphatic imine (C=N–C) groups is 1. The standard InChI is InChI=1S/C21H29N5O3S.HI/c1-4-23-21(24-14-13-16-7-11-19(12-8-16)30(22,28)29)25-15-17-5-9-18(10-6-17)20(27)26(2)3;/h5-12H,4,13-15H2,1-3H3,(H2,22,28,29)(H2,23,24,25);1H. The van der Waals surface area contributed by atoms with Gasteiger partial charge in [0.1, 0.15) is 0 Å². The van der Waals surface area contributed by atoms with Crippen molar-refractivity contribution in [2.75, 3.05) is 27.2 Å². The summed E-state index contributed by atoms with van der Waals surface area (Å²) >= 11 is 0. The average Bonchev–Trinajstić information content (AvgIpc) is 2.71. The van der Waals surface area contributed by atoms with E-state index in [0.29, 0.717) is 31.0 Å². The Morgan fingerprint density at radius 2 is 1.58 bits per heavy atom. The number of nitrogens with zero attached hydrogens (tertiary/aromatic N) is 2. The minimum atomic E-state index is -3.67. The molecule has 0 saturated carbocycles. The van der Waals surface area contributed by atoms with Crippen molar-refractivity contribution in [3.8, 4) is 0 Å². The predicted molar refractivity (Wildman–Crippen MR) is 134 cm³/mol. The first kappa shape index (κ1) is 26.9. The van der Waals surface area contributed by atoms with Crippen molar-refractivity contribution in [2.24, 2.45) is 10.1 Å². The molecule has 8 nitrogen and oxygen atoms in total. The van der Waals surface area contributed by atoms with Crippen LogP contribution in [0.25, 0.3) is 0 Å². The Morgan fingerprint density at radius 1 is 1.00 bits per heavy atom. The lowest BCUT2D eigenvalue weighted by atomic mass is 10.1. The lowest BCUT2D eigenvalue weighted by Crippen LogP contribution is -2.38. The van der Waals surface area contributed by atoms with E-state index < -0.39 is 10.0 Å². The summed E-state index contributed by atoms with van der Waals surface area (Å²) < 4.78 is 22.6. The summed E-state index contributed by atoms with van der Waals surface area (Å²) in [6.45, 7) is 3.83. The Kier molecular flexibility index (Phi) is 10.9. The number of guanidine groups is 1. The molecule has 0 unspecified atom stereocenters. The van der Waals surface area contributed by atoms with E-state index in [9.17, 15) is 13.2 Å². The fourth-order valence-electron chi connectivity index (χ4n) is 2.69. The molecule has 10 heteroatoms. The van der Waals surface area contributed by atoms with Crippen LogP contribution in [0.15, 0.2) is 58.4 Å². The molecule has 0 fully saturated rings. The number of carbonyl (C=O) groups excluding carboxylic acids is 1. The summed E-state index contributed by atoms with van der Waals surface area (Å²) in [5, 5.41) is 11.6. The monoisotopic (exact) mass is 559 g/mol. The molecule has 0 aliphatic heterocycles. The van der Waals surface area contributed by atoms with Gasteiger partial charge in [-0.2, -0.15) is 0 Å². The Hall–Kier alpha value is -2.18. The molecule has 0 radical (unpaired) electrons. The lowest BCUT2D eigenvalue weighted by Gasteiger charge is -2.12. The van der Waals surface area contributed by atoms with E-state index in [0.717, 1.165) is 17.7 Å². The van der Waals surface area contributed by atoms with Gasteiger partial charge in [0.25, 0.3) is 5.91 Å². The Balaban J connectivity index is 0.00000480. The number of amides is 1. The van der Waals surface area contributed by atoms with Gasteiger partial charge in [0.15, 0.2) is 5.96 Å². The molecule has 0 aliphatic carbocycles. The predicted octanol–water partition coefficient (Wildman–Crippen LogP) is 1.95. The third-order valence-corrected chi connectivity index (χ3v) is 5.26. The Morgan fingerprint density at radius 3 is 2.10 bits per heavy atom. The number of nitrogens with two attached hydrogens (primary N) is 1. The van der Waals surface area contributed by atoms with Crippen LogP contribution in [0.3, 0.4) is 0 Å². The summed E-state index contributed by atoms with van der Waals surface area (Å²) in [5.41, 5.74) is 2.64.